The summed E-state index contributed by atoms with van der Waals surface area (Å²) < 4.78 is 11.0. The topological polar surface area (TPSA) is 69.7 Å². The second-order valence-corrected chi connectivity index (χ2v) is 13.3. The Morgan fingerprint density at radius 1 is 0.867 bits per heavy atom. The van der Waals surface area contributed by atoms with Crippen LogP contribution >= 0.6 is 0 Å². The first-order chi connectivity index (χ1) is 14.0. The van der Waals surface area contributed by atoms with Crippen LogP contribution < -0.4 is 0 Å². The predicted molar refractivity (Wildman–Crippen MR) is 119 cm³/mol. The number of esters is 1. The number of hydrogen-bond donors (Lipinski definition) is 0. The van der Waals surface area contributed by atoms with Crippen LogP contribution in [0.4, 0.5) is 4.79 Å². The van der Waals surface area contributed by atoms with Gasteiger partial charge in [0.05, 0.1) is 0 Å². The Balaban J connectivity index is 2.27. The van der Waals surface area contributed by atoms with Gasteiger partial charge in [0, 0.05) is 6.42 Å². The van der Waals surface area contributed by atoms with Crippen LogP contribution in [0.1, 0.15) is 31.9 Å². The molecule has 5 nitrogen and oxygen atoms in total. The zero-order valence-corrected chi connectivity index (χ0v) is 19.3. The van der Waals surface area contributed by atoms with Crippen molar-refractivity contribution in [1.82, 2.24) is 0 Å². The molecule has 0 radical (unpaired) electrons. The summed E-state index contributed by atoms with van der Waals surface area (Å²) in [5.74, 6) is -0.982. The zero-order valence-electron chi connectivity index (χ0n) is 18.3. The number of benzene rings is 2. The Bertz CT molecular complexity index is 869. The number of rotatable bonds is 8. The fourth-order valence-electron chi connectivity index (χ4n) is 3.07. The summed E-state index contributed by atoms with van der Waals surface area (Å²) in [5.41, 5.74) is -0.717. The molecule has 0 fully saturated rings. The summed E-state index contributed by atoms with van der Waals surface area (Å²) >= 11 is 0. The van der Waals surface area contributed by atoms with E-state index in [1.54, 1.807) is 33.9 Å². The molecule has 0 saturated heterocycles. The number of carbonyl (C=O) groups is 3. The standard InChI is InChI=1S/C24H30O5Si/c1-24(2,3)29-23(27)30(4,5)21(20(25)16-18-12-8-6-9-13-18)22(26)28-17-19-14-10-7-11-15-19/h6-15,21H,16-17H2,1-5H3. The van der Waals surface area contributed by atoms with Gasteiger partial charge in [0.25, 0.3) is 5.59 Å². The lowest BCUT2D eigenvalue weighted by Gasteiger charge is -2.31. The second kappa shape index (κ2) is 9.85. The SMILES string of the molecule is CC(C)(C)OC(=O)[Si](C)(C)C(C(=O)Cc1ccccc1)C(=O)OCc1ccccc1. The van der Waals surface area contributed by atoms with Crippen molar-refractivity contribution in [2.24, 2.45) is 0 Å². The Labute approximate surface area is 179 Å². The highest BCUT2D eigenvalue weighted by atomic mass is 28.3. The first-order valence-electron chi connectivity index (χ1n) is 10.0. The van der Waals surface area contributed by atoms with Gasteiger partial charge in [-0.25, -0.2) is 0 Å². The van der Waals surface area contributed by atoms with Gasteiger partial charge in [0.1, 0.15) is 23.5 Å². The fourth-order valence-corrected chi connectivity index (χ4v) is 5.45. The van der Waals surface area contributed by atoms with E-state index in [4.69, 9.17) is 9.47 Å². The third-order valence-electron chi connectivity index (χ3n) is 4.65. The highest BCUT2D eigenvalue weighted by Crippen LogP contribution is 2.30. The van der Waals surface area contributed by atoms with Crippen LogP contribution in [-0.4, -0.2) is 31.0 Å². The van der Waals surface area contributed by atoms with Crippen molar-refractivity contribution in [3.05, 3.63) is 71.8 Å². The van der Waals surface area contributed by atoms with Crippen molar-refractivity contribution in [2.75, 3.05) is 0 Å². The average Bonchev–Trinajstić information content (AvgIpc) is 2.66. The molecule has 2 aromatic carbocycles. The summed E-state index contributed by atoms with van der Waals surface area (Å²) in [6.07, 6.45) is 0.0607. The first-order valence-corrected chi connectivity index (χ1v) is 13.1. The van der Waals surface area contributed by atoms with Gasteiger partial charge in [-0.2, -0.15) is 0 Å². The number of carbonyl (C=O) groups excluding carboxylic acids is 3. The fraction of sp³-hybridized carbons (Fsp3) is 0.375. The second-order valence-electron chi connectivity index (χ2n) is 8.88. The molecule has 6 heteroatoms. The Morgan fingerprint density at radius 3 is 1.87 bits per heavy atom. The monoisotopic (exact) mass is 426 g/mol. The molecule has 0 N–H and O–H groups in total. The van der Waals surface area contributed by atoms with Gasteiger partial charge in [0.2, 0.25) is 8.07 Å². The Morgan fingerprint density at radius 2 is 1.37 bits per heavy atom. The molecule has 0 aliphatic carbocycles. The molecule has 2 aromatic rings. The molecule has 0 bridgehead atoms. The smallest absolute Gasteiger partial charge is 0.314 e. The zero-order chi connectivity index (χ0) is 22.4. The minimum absolute atomic E-state index is 0.0492. The highest BCUT2D eigenvalue weighted by Gasteiger charge is 2.51. The van der Waals surface area contributed by atoms with E-state index in [-0.39, 0.29) is 18.8 Å². The maximum Gasteiger partial charge on any atom is 0.314 e. The van der Waals surface area contributed by atoms with E-state index < -0.39 is 30.8 Å². The van der Waals surface area contributed by atoms with Crippen LogP contribution in [0.25, 0.3) is 0 Å². The number of hydrogen-bond acceptors (Lipinski definition) is 5. The molecule has 0 saturated carbocycles. The van der Waals surface area contributed by atoms with Gasteiger partial charge in [-0.1, -0.05) is 73.8 Å². The molecule has 0 spiro atoms. The molecule has 0 aliphatic rings. The molecule has 30 heavy (non-hydrogen) atoms. The Kier molecular flexibility index (Phi) is 7.73. The lowest BCUT2D eigenvalue weighted by atomic mass is 10.1. The summed E-state index contributed by atoms with van der Waals surface area (Å²) in [6.45, 7) is 8.74. The quantitative estimate of drug-likeness (QED) is 0.332. The minimum Gasteiger partial charge on any atom is -0.464 e. The normalized spacial score (nSPS) is 12.7. The van der Waals surface area contributed by atoms with Gasteiger partial charge in [-0.05, 0) is 31.9 Å². The van der Waals surface area contributed by atoms with Crippen molar-refractivity contribution in [3.63, 3.8) is 0 Å². The molecule has 0 amide bonds. The van der Waals surface area contributed by atoms with Gasteiger partial charge in [-0.15, -0.1) is 0 Å². The van der Waals surface area contributed by atoms with E-state index in [1.807, 2.05) is 60.7 Å². The van der Waals surface area contributed by atoms with Crippen LogP contribution in [0.3, 0.4) is 0 Å². The van der Waals surface area contributed by atoms with Crippen LogP contribution in [0.15, 0.2) is 60.7 Å². The summed E-state index contributed by atoms with van der Waals surface area (Å²) in [6, 6.07) is 18.4. The van der Waals surface area contributed by atoms with Crippen molar-refractivity contribution in [2.45, 2.75) is 58.0 Å². The van der Waals surface area contributed by atoms with E-state index in [1.165, 1.54) is 0 Å². The van der Waals surface area contributed by atoms with E-state index in [0.29, 0.717) is 0 Å². The van der Waals surface area contributed by atoms with E-state index in [0.717, 1.165) is 11.1 Å². The largest absolute Gasteiger partial charge is 0.464 e. The molecule has 2 rings (SSSR count). The molecule has 0 heterocycles. The van der Waals surface area contributed by atoms with Gasteiger partial charge < -0.3 is 9.47 Å². The third-order valence-corrected chi connectivity index (χ3v) is 7.80. The van der Waals surface area contributed by atoms with Gasteiger partial charge in [-0.3, -0.25) is 14.4 Å². The highest BCUT2D eigenvalue weighted by molar-refractivity contribution is 7.07. The Hall–Kier alpha value is -2.73. The lowest BCUT2D eigenvalue weighted by molar-refractivity contribution is -0.147. The molecule has 0 aromatic heterocycles. The minimum atomic E-state index is -3.15. The summed E-state index contributed by atoms with van der Waals surface area (Å²) in [7, 11) is -3.15. The van der Waals surface area contributed by atoms with E-state index in [9.17, 15) is 14.4 Å². The van der Waals surface area contributed by atoms with Crippen molar-refractivity contribution < 1.29 is 23.9 Å². The van der Waals surface area contributed by atoms with Crippen molar-refractivity contribution in [1.29, 1.82) is 0 Å². The van der Waals surface area contributed by atoms with Crippen molar-refractivity contribution >= 4 is 25.4 Å². The van der Waals surface area contributed by atoms with Crippen LogP contribution in [0.5, 0.6) is 0 Å². The first kappa shape index (κ1) is 23.5. The number of ketones is 1. The van der Waals surface area contributed by atoms with Crippen molar-refractivity contribution in [3.8, 4) is 0 Å². The van der Waals surface area contributed by atoms with Crippen LogP contribution in [-0.2, 0) is 32.1 Å². The van der Waals surface area contributed by atoms with Gasteiger partial charge >= 0.3 is 5.97 Å². The maximum atomic E-state index is 13.2. The van der Waals surface area contributed by atoms with E-state index >= 15 is 0 Å². The summed E-state index contributed by atoms with van der Waals surface area (Å²) in [4.78, 5) is 39.2. The van der Waals surface area contributed by atoms with Crippen LogP contribution in [0.2, 0.25) is 18.6 Å². The molecule has 1 atom stereocenters. The number of ether oxygens (including phenoxy) is 2. The summed E-state index contributed by atoms with van der Waals surface area (Å²) in [5, 5.41) is 0. The predicted octanol–water partition coefficient (Wildman–Crippen LogP) is 5.14. The molecule has 0 aliphatic heterocycles. The van der Waals surface area contributed by atoms with E-state index in [2.05, 4.69) is 0 Å². The average molecular weight is 427 g/mol. The molecular weight excluding hydrogens is 396 g/mol. The molecular formula is C24H30O5Si. The third kappa shape index (κ3) is 6.66. The molecule has 160 valence electrons. The lowest BCUT2D eigenvalue weighted by Crippen LogP contribution is -2.51. The van der Waals surface area contributed by atoms with Gasteiger partial charge in [0.15, 0.2) is 0 Å². The van der Waals surface area contributed by atoms with Crippen LogP contribution in [0, 0.1) is 0 Å². The maximum absolute atomic E-state index is 13.2. The molecule has 1 unspecified atom stereocenters. The number of Topliss-reactive ketones (excluding diaryl/α,β-unsaturated/α-hetero) is 1.